The van der Waals surface area contributed by atoms with Crippen molar-refractivity contribution in [3.05, 3.63) is 29.8 Å². The van der Waals surface area contributed by atoms with Gasteiger partial charge in [0, 0.05) is 6.04 Å². The molecule has 0 aliphatic rings. The summed E-state index contributed by atoms with van der Waals surface area (Å²) in [5, 5.41) is 2.58. The summed E-state index contributed by atoms with van der Waals surface area (Å²) in [4.78, 5) is 11.9. The van der Waals surface area contributed by atoms with Crippen molar-refractivity contribution in [1.82, 2.24) is 5.32 Å². The molecule has 1 rings (SSSR count). The molecule has 5 nitrogen and oxygen atoms in total. The largest absolute Gasteiger partial charge is 0.416 e. The van der Waals surface area contributed by atoms with Gasteiger partial charge in [0.2, 0.25) is 15.9 Å². The van der Waals surface area contributed by atoms with Crippen LogP contribution in [0.1, 0.15) is 25.8 Å². The first-order valence-corrected chi connectivity index (χ1v) is 8.74. The van der Waals surface area contributed by atoms with E-state index in [0.29, 0.717) is 16.8 Å². The highest BCUT2D eigenvalue weighted by molar-refractivity contribution is 7.92. The lowest BCUT2D eigenvalue weighted by atomic mass is 10.2. The van der Waals surface area contributed by atoms with E-state index in [4.69, 9.17) is 0 Å². The molecule has 0 aliphatic carbocycles. The van der Waals surface area contributed by atoms with Crippen molar-refractivity contribution in [3.8, 4) is 0 Å². The molecular weight excluding hydrogens is 333 g/mol. The number of halogens is 3. The molecule has 1 aromatic rings. The Labute approximate surface area is 133 Å². The summed E-state index contributed by atoms with van der Waals surface area (Å²) in [7, 11) is -3.91. The number of amides is 1. The van der Waals surface area contributed by atoms with Gasteiger partial charge in [-0.05, 0) is 31.5 Å². The second-order valence-corrected chi connectivity index (χ2v) is 7.10. The second-order valence-electron chi connectivity index (χ2n) is 5.19. The molecule has 0 aliphatic heterocycles. The number of nitrogens with zero attached hydrogens (tertiary/aromatic N) is 1. The summed E-state index contributed by atoms with van der Waals surface area (Å²) in [6.45, 7) is 3.00. The van der Waals surface area contributed by atoms with Crippen LogP contribution in [0.2, 0.25) is 0 Å². The van der Waals surface area contributed by atoms with Gasteiger partial charge in [0.05, 0.1) is 17.5 Å². The van der Waals surface area contributed by atoms with Crippen LogP contribution in [0.4, 0.5) is 18.9 Å². The molecule has 0 unspecified atom stereocenters. The van der Waals surface area contributed by atoms with Crippen molar-refractivity contribution in [2.45, 2.75) is 32.5 Å². The Balaban J connectivity index is 3.12. The molecule has 0 heterocycles. The van der Waals surface area contributed by atoms with Crippen LogP contribution in [0.3, 0.4) is 0 Å². The van der Waals surface area contributed by atoms with E-state index >= 15 is 0 Å². The van der Waals surface area contributed by atoms with Crippen molar-refractivity contribution in [2.24, 2.45) is 0 Å². The molecule has 0 saturated heterocycles. The molecule has 0 aromatic heterocycles. The van der Waals surface area contributed by atoms with E-state index in [1.54, 1.807) is 6.92 Å². The maximum absolute atomic E-state index is 12.8. The van der Waals surface area contributed by atoms with Crippen molar-refractivity contribution < 1.29 is 26.4 Å². The van der Waals surface area contributed by atoms with E-state index in [-0.39, 0.29) is 11.7 Å². The maximum Gasteiger partial charge on any atom is 0.416 e. The quantitative estimate of drug-likeness (QED) is 0.855. The number of hydrogen-bond donors (Lipinski definition) is 1. The number of rotatable bonds is 6. The Hall–Kier alpha value is -1.77. The molecule has 1 N–H and O–H groups in total. The fraction of sp³-hybridized carbons (Fsp3) is 0.500. The van der Waals surface area contributed by atoms with Crippen molar-refractivity contribution in [3.63, 3.8) is 0 Å². The normalized spacial score (nSPS) is 13.5. The van der Waals surface area contributed by atoms with Crippen molar-refractivity contribution >= 4 is 21.6 Å². The molecule has 130 valence electrons. The Bertz CT molecular complexity index is 659. The van der Waals surface area contributed by atoms with Crippen LogP contribution >= 0.6 is 0 Å². The van der Waals surface area contributed by atoms with Gasteiger partial charge >= 0.3 is 6.18 Å². The van der Waals surface area contributed by atoms with E-state index in [2.05, 4.69) is 5.32 Å². The van der Waals surface area contributed by atoms with Gasteiger partial charge in [0.1, 0.15) is 6.54 Å². The van der Waals surface area contributed by atoms with Gasteiger partial charge in [-0.1, -0.05) is 13.0 Å². The van der Waals surface area contributed by atoms with Gasteiger partial charge < -0.3 is 5.32 Å². The predicted molar refractivity (Wildman–Crippen MR) is 81.5 cm³/mol. The zero-order chi connectivity index (χ0) is 17.8. The third kappa shape index (κ3) is 5.74. The van der Waals surface area contributed by atoms with Crippen LogP contribution in [0.5, 0.6) is 0 Å². The number of benzene rings is 1. The van der Waals surface area contributed by atoms with Gasteiger partial charge in [0.25, 0.3) is 0 Å². The molecule has 23 heavy (non-hydrogen) atoms. The number of hydrogen-bond acceptors (Lipinski definition) is 3. The third-order valence-corrected chi connectivity index (χ3v) is 4.31. The second kappa shape index (κ2) is 7.20. The Morgan fingerprint density at radius 1 is 1.35 bits per heavy atom. The zero-order valence-electron chi connectivity index (χ0n) is 13.0. The molecule has 0 saturated carbocycles. The van der Waals surface area contributed by atoms with E-state index in [1.165, 1.54) is 6.07 Å². The lowest BCUT2D eigenvalue weighted by Crippen LogP contribution is -2.43. The Morgan fingerprint density at radius 2 is 1.96 bits per heavy atom. The van der Waals surface area contributed by atoms with E-state index in [0.717, 1.165) is 18.4 Å². The lowest BCUT2D eigenvalue weighted by molar-refractivity contribution is -0.137. The summed E-state index contributed by atoms with van der Waals surface area (Å²) in [6.07, 6.45) is -3.11. The number of nitrogens with one attached hydrogen (secondary N) is 1. The fourth-order valence-electron chi connectivity index (χ4n) is 1.79. The minimum atomic E-state index is -4.60. The monoisotopic (exact) mass is 352 g/mol. The number of carbonyl (C=O) groups excluding carboxylic acids is 1. The molecular formula is C14H19F3N2O3S. The Morgan fingerprint density at radius 3 is 2.43 bits per heavy atom. The standard InChI is InChI=1S/C14H19F3N2O3S/c1-4-10(2)18-13(20)9-19(23(3,21)22)12-7-5-6-11(8-12)14(15,16)17/h5-8,10H,4,9H2,1-3H3,(H,18,20)/t10-/m1/s1. The molecule has 1 amide bonds. The summed E-state index contributed by atoms with van der Waals surface area (Å²) in [5.41, 5.74) is -1.19. The number of sulfonamides is 1. The minimum absolute atomic E-state index is 0.162. The van der Waals surface area contributed by atoms with Gasteiger partial charge in [-0.25, -0.2) is 8.42 Å². The maximum atomic E-state index is 12.8. The first kappa shape index (κ1) is 19.3. The molecule has 1 aromatic carbocycles. The average Bonchev–Trinajstić information content (AvgIpc) is 2.42. The molecule has 0 spiro atoms. The van der Waals surface area contributed by atoms with Crippen LogP contribution in [-0.4, -0.2) is 33.2 Å². The number of alkyl halides is 3. The highest BCUT2D eigenvalue weighted by Gasteiger charge is 2.32. The number of anilines is 1. The van der Waals surface area contributed by atoms with Gasteiger partial charge in [-0.15, -0.1) is 0 Å². The topological polar surface area (TPSA) is 66.5 Å². The molecule has 0 fully saturated rings. The van der Waals surface area contributed by atoms with Gasteiger partial charge in [-0.2, -0.15) is 13.2 Å². The summed E-state index contributed by atoms with van der Waals surface area (Å²) in [6, 6.07) is 3.70. The first-order valence-electron chi connectivity index (χ1n) is 6.89. The number of carbonyl (C=O) groups is 1. The van der Waals surface area contributed by atoms with Crippen LogP contribution < -0.4 is 9.62 Å². The highest BCUT2D eigenvalue weighted by atomic mass is 32.2. The minimum Gasteiger partial charge on any atom is -0.352 e. The smallest absolute Gasteiger partial charge is 0.352 e. The van der Waals surface area contributed by atoms with E-state index in [1.807, 2.05) is 6.92 Å². The first-order chi connectivity index (χ1) is 10.4. The van der Waals surface area contributed by atoms with E-state index < -0.39 is 34.2 Å². The highest BCUT2D eigenvalue weighted by Crippen LogP contribution is 2.32. The fourth-order valence-corrected chi connectivity index (χ4v) is 2.64. The third-order valence-electron chi connectivity index (χ3n) is 3.17. The van der Waals surface area contributed by atoms with Crippen LogP contribution in [0.25, 0.3) is 0 Å². The predicted octanol–water partition coefficient (Wildman–Crippen LogP) is 2.39. The summed E-state index contributed by atoms with van der Waals surface area (Å²) in [5.74, 6) is -0.581. The summed E-state index contributed by atoms with van der Waals surface area (Å²) >= 11 is 0. The van der Waals surface area contributed by atoms with Crippen LogP contribution in [0.15, 0.2) is 24.3 Å². The van der Waals surface area contributed by atoms with Crippen molar-refractivity contribution in [1.29, 1.82) is 0 Å². The van der Waals surface area contributed by atoms with Crippen molar-refractivity contribution in [2.75, 3.05) is 17.1 Å². The van der Waals surface area contributed by atoms with Gasteiger partial charge in [-0.3, -0.25) is 9.10 Å². The lowest BCUT2D eigenvalue weighted by Gasteiger charge is -2.23. The van der Waals surface area contributed by atoms with Crippen LogP contribution in [0, 0.1) is 0 Å². The molecule has 0 bridgehead atoms. The molecule has 0 radical (unpaired) electrons. The molecule has 9 heteroatoms. The molecule has 1 atom stereocenters. The summed E-state index contributed by atoms with van der Waals surface area (Å²) < 4.78 is 62.6. The average molecular weight is 352 g/mol. The van der Waals surface area contributed by atoms with E-state index in [9.17, 15) is 26.4 Å². The SMILES string of the molecule is CC[C@@H](C)NC(=O)CN(c1cccc(C(F)(F)F)c1)S(C)(=O)=O. The zero-order valence-corrected chi connectivity index (χ0v) is 13.8. The van der Waals surface area contributed by atoms with Crippen LogP contribution in [-0.2, 0) is 21.0 Å². The Kier molecular flexibility index (Phi) is 6.04. The van der Waals surface area contributed by atoms with Gasteiger partial charge in [0.15, 0.2) is 0 Å².